The number of nitrogen functional groups attached to an aromatic ring is 1. The molecule has 0 saturated heterocycles. The number of nitro groups is 1. The normalized spacial score (nSPS) is 10.6. The van der Waals surface area contributed by atoms with Crippen LogP contribution in [-0.4, -0.2) is 43.8 Å². The fourth-order valence-corrected chi connectivity index (χ4v) is 1.57. The maximum absolute atomic E-state index is 10.7. The molecule has 2 aromatic rings. The zero-order chi connectivity index (χ0) is 14.9. The highest BCUT2D eigenvalue weighted by molar-refractivity contribution is 5.32. The number of hydrogen-bond acceptors (Lipinski definition) is 8. The molecule has 0 bridgehead atoms. The average Bonchev–Trinajstić information content (AvgIpc) is 2.70. The quantitative estimate of drug-likeness (QED) is 0.610. The van der Waals surface area contributed by atoms with Crippen LogP contribution in [-0.2, 0) is 6.54 Å². The summed E-state index contributed by atoms with van der Waals surface area (Å²) in [5.41, 5.74) is 6.26. The van der Waals surface area contributed by atoms with E-state index in [-0.39, 0.29) is 18.3 Å². The minimum atomic E-state index is -0.545. The Balaban J connectivity index is 2.32. The van der Waals surface area contributed by atoms with E-state index in [4.69, 9.17) is 5.73 Å². The van der Waals surface area contributed by atoms with E-state index in [0.29, 0.717) is 17.5 Å². The van der Waals surface area contributed by atoms with Gasteiger partial charge in [-0.1, -0.05) is 0 Å². The maximum Gasteiger partial charge on any atom is 0.390 e. The lowest BCUT2D eigenvalue weighted by atomic mass is 10.4. The molecule has 0 spiro atoms. The molecule has 106 valence electrons. The van der Waals surface area contributed by atoms with Gasteiger partial charge in [-0.05, 0) is 11.8 Å². The smallest absolute Gasteiger partial charge is 0.368 e. The third-order valence-electron chi connectivity index (χ3n) is 2.53. The van der Waals surface area contributed by atoms with Crippen LogP contribution in [0.4, 0.5) is 17.7 Å². The van der Waals surface area contributed by atoms with Crippen LogP contribution in [0.3, 0.4) is 0 Å². The first-order valence-electron chi connectivity index (χ1n) is 5.73. The van der Waals surface area contributed by atoms with Gasteiger partial charge in [0.15, 0.2) is 5.82 Å². The van der Waals surface area contributed by atoms with Crippen LogP contribution in [0.1, 0.15) is 11.5 Å². The average molecular weight is 278 g/mol. The second-order valence-corrected chi connectivity index (χ2v) is 4.36. The molecule has 10 heteroatoms. The highest BCUT2D eigenvalue weighted by Gasteiger charge is 2.17. The minimum absolute atomic E-state index is 0.0954. The van der Waals surface area contributed by atoms with Crippen LogP contribution in [0.25, 0.3) is 0 Å². The van der Waals surface area contributed by atoms with Crippen molar-refractivity contribution in [2.45, 2.75) is 13.5 Å². The van der Waals surface area contributed by atoms with Gasteiger partial charge in [-0.3, -0.25) is 0 Å². The molecule has 0 amide bonds. The molecule has 0 aliphatic heterocycles. The van der Waals surface area contributed by atoms with Gasteiger partial charge in [0.05, 0.1) is 16.9 Å². The van der Waals surface area contributed by atoms with Gasteiger partial charge in [-0.15, -0.1) is 0 Å². The Bertz CT molecular complexity index is 651. The number of rotatable bonds is 4. The summed E-state index contributed by atoms with van der Waals surface area (Å²) in [6.07, 6.45) is 0. The van der Waals surface area contributed by atoms with E-state index >= 15 is 0 Å². The van der Waals surface area contributed by atoms with Crippen molar-refractivity contribution in [2.24, 2.45) is 0 Å². The molecule has 0 aliphatic rings. The summed E-state index contributed by atoms with van der Waals surface area (Å²) in [7, 11) is 3.56. The molecule has 0 atom stereocenters. The molecule has 2 aromatic heterocycles. The first-order chi connectivity index (χ1) is 9.36. The lowest BCUT2D eigenvalue weighted by Gasteiger charge is -2.11. The molecule has 2 heterocycles. The predicted molar refractivity (Wildman–Crippen MR) is 71.3 cm³/mol. The lowest BCUT2D eigenvalue weighted by Crippen LogP contribution is -2.17. The van der Waals surface area contributed by atoms with Gasteiger partial charge >= 0.3 is 5.82 Å². The van der Waals surface area contributed by atoms with Crippen molar-refractivity contribution >= 4 is 17.7 Å². The van der Waals surface area contributed by atoms with E-state index in [1.165, 1.54) is 10.7 Å². The van der Waals surface area contributed by atoms with E-state index in [2.05, 4.69) is 20.1 Å². The molecule has 0 saturated carbocycles. The number of aromatic nitrogens is 5. The fourth-order valence-electron chi connectivity index (χ4n) is 1.57. The Labute approximate surface area is 114 Å². The van der Waals surface area contributed by atoms with Crippen molar-refractivity contribution < 1.29 is 4.92 Å². The minimum Gasteiger partial charge on any atom is -0.368 e. The molecule has 0 fully saturated rings. The van der Waals surface area contributed by atoms with Crippen molar-refractivity contribution in [1.82, 2.24) is 24.7 Å². The largest absolute Gasteiger partial charge is 0.390 e. The molecule has 20 heavy (non-hydrogen) atoms. The number of hydrogen-bond donors (Lipinski definition) is 1. The Morgan fingerprint density at radius 1 is 1.40 bits per heavy atom. The van der Waals surface area contributed by atoms with Gasteiger partial charge in [0.25, 0.3) is 0 Å². The van der Waals surface area contributed by atoms with Crippen LogP contribution in [0.15, 0.2) is 6.07 Å². The summed E-state index contributed by atoms with van der Waals surface area (Å²) in [4.78, 5) is 24.0. The van der Waals surface area contributed by atoms with E-state index in [9.17, 15) is 10.1 Å². The van der Waals surface area contributed by atoms with Crippen LogP contribution in [0.5, 0.6) is 0 Å². The SMILES string of the molecule is Cc1cc([N+](=O)[O-])nn1Cc1nc(N)nc(N(C)C)n1. The summed E-state index contributed by atoms with van der Waals surface area (Å²) in [6, 6.07) is 1.39. The summed E-state index contributed by atoms with van der Waals surface area (Å²) in [5.74, 6) is 0.699. The molecule has 2 N–H and O–H groups in total. The van der Waals surface area contributed by atoms with Crippen LogP contribution in [0, 0.1) is 17.0 Å². The topological polar surface area (TPSA) is 129 Å². The Morgan fingerprint density at radius 3 is 2.65 bits per heavy atom. The van der Waals surface area contributed by atoms with E-state index < -0.39 is 4.92 Å². The molecule has 0 aliphatic carbocycles. The summed E-state index contributed by atoms with van der Waals surface area (Å²) in [6.45, 7) is 1.91. The van der Waals surface area contributed by atoms with E-state index in [1.807, 2.05) is 0 Å². The summed E-state index contributed by atoms with van der Waals surface area (Å²) in [5, 5.41) is 14.5. The van der Waals surface area contributed by atoms with Crippen molar-refractivity contribution in [3.05, 3.63) is 27.7 Å². The lowest BCUT2D eigenvalue weighted by molar-refractivity contribution is -0.389. The van der Waals surface area contributed by atoms with Gasteiger partial charge in [-0.25, -0.2) is 0 Å². The molecule has 2 rings (SSSR count). The highest BCUT2D eigenvalue weighted by Crippen LogP contribution is 2.13. The second-order valence-electron chi connectivity index (χ2n) is 4.36. The predicted octanol–water partition coefficient (Wildman–Crippen LogP) is -0.0188. The van der Waals surface area contributed by atoms with Gasteiger partial charge in [0.2, 0.25) is 11.9 Å². The summed E-state index contributed by atoms with van der Waals surface area (Å²) >= 11 is 0. The standard InChI is InChI=1S/C10H14N8O2/c1-6-4-8(18(19)20)15-17(6)5-7-12-9(11)14-10(13-7)16(2)3/h4H,5H2,1-3H3,(H2,11,12,13,14). The van der Waals surface area contributed by atoms with Gasteiger partial charge in [0.1, 0.15) is 6.54 Å². The van der Waals surface area contributed by atoms with Gasteiger partial charge < -0.3 is 20.7 Å². The maximum atomic E-state index is 10.7. The van der Waals surface area contributed by atoms with Gasteiger partial charge in [0, 0.05) is 14.1 Å². The van der Waals surface area contributed by atoms with Crippen molar-refractivity contribution in [3.8, 4) is 0 Å². The van der Waals surface area contributed by atoms with Crippen LogP contribution < -0.4 is 10.6 Å². The monoisotopic (exact) mass is 278 g/mol. The van der Waals surface area contributed by atoms with Crippen LogP contribution in [0.2, 0.25) is 0 Å². The van der Waals surface area contributed by atoms with Crippen LogP contribution >= 0.6 is 0 Å². The highest BCUT2D eigenvalue weighted by atomic mass is 16.6. The first kappa shape index (κ1) is 13.6. The summed E-state index contributed by atoms with van der Waals surface area (Å²) < 4.78 is 1.45. The van der Waals surface area contributed by atoms with E-state index in [1.54, 1.807) is 25.9 Å². The molecule has 10 nitrogen and oxygen atoms in total. The Hall–Kier alpha value is -2.78. The fraction of sp³-hybridized carbons (Fsp3) is 0.400. The van der Waals surface area contributed by atoms with Crippen molar-refractivity contribution in [1.29, 1.82) is 0 Å². The third-order valence-corrected chi connectivity index (χ3v) is 2.53. The molecule has 0 radical (unpaired) electrons. The first-order valence-corrected chi connectivity index (χ1v) is 5.73. The number of anilines is 2. The molecule has 0 aromatic carbocycles. The van der Waals surface area contributed by atoms with Gasteiger partial charge in [-0.2, -0.15) is 19.6 Å². The third kappa shape index (κ3) is 2.79. The molecule has 0 unspecified atom stereocenters. The van der Waals surface area contributed by atoms with Crippen molar-refractivity contribution in [3.63, 3.8) is 0 Å². The number of nitrogens with two attached hydrogens (primary N) is 1. The Morgan fingerprint density at radius 2 is 2.10 bits per heavy atom. The Kier molecular flexibility index (Phi) is 3.46. The van der Waals surface area contributed by atoms with Crippen molar-refractivity contribution in [2.75, 3.05) is 24.7 Å². The number of aryl methyl sites for hydroxylation is 1. The second kappa shape index (κ2) is 5.07. The molecular formula is C10H14N8O2. The van der Waals surface area contributed by atoms with E-state index in [0.717, 1.165) is 0 Å². The zero-order valence-electron chi connectivity index (χ0n) is 11.3. The zero-order valence-corrected chi connectivity index (χ0v) is 11.3. The molecular weight excluding hydrogens is 264 g/mol. The number of nitrogens with zero attached hydrogens (tertiary/aromatic N) is 7.